The molecule has 1 saturated carbocycles. The van der Waals surface area contributed by atoms with Gasteiger partial charge in [-0.15, -0.1) is 21.8 Å². The number of nitrogens with zero attached hydrogens (tertiary/aromatic N) is 5. The predicted octanol–water partition coefficient (Wildman–Crippen LogP) is 3.88. The number of sulfonamides is 1. The Morgan fingerprint density at radius 3 is 2.28 bits per heavy atom. The number of benzene rings is 1. The van der Waals surface area contributed by atoms with Gasteiger partial charge in [0.1, 0.15) is 28.8 Å². The van der Waals surface area contributed by atoms with Crippen LogP contribution in [0.2, 0.25) is 0 Å². The monoisotopic (exact) mass is 534 g/mol. The van der Waals surface area contributed by atoms with E-state index in [4.69, 9.17) is 21.1 Å². The highest BCUT2D eigenvalue weighted by molar-refractivity contribution is 7.93. The van der Waals surface area contributed by atoms with E-state index >= 15 is 0 Å². The van der Waals surface area contributed by atoms with Gasteiger partial charge in [-0.3, -0.25) is 9.29 Å². The minimum Gasteiger partial charge on any atom is -0.494 e. The zero-order valence-corrected chi connectivity index (χ0v) is 22.5. The molecule has 3 aromatic rings. The van der Waals surface area contributed by atoms with E-state index in [1.807, 2.05) is 6.92 Å². The number of anilines is 1. The van der Waals surface area contributed by atoms with Gasteiger partial charge in [0.2, 0.25) is 16.0 Å². The number of rotatable bonds is 10. The quantitative estimate of drug-likeness (QED) is 0.389. The summed E-state index contributed by atoms with van der Waals surface area (Å²) >= 11 is 6.19. The van der Waals surface area contributed by atoms with Crippen molar-refractivity contribution in [1.82, 2.24) is 24.7 Å². The summed E-state index contributed by atoms with van der Waals surface area (Å²) in [6.07, 6.45) is 5.66. The normalized spacial score (nSPS) is 19.3. The number of halogens is 1. The van der Waals surface area contributed by atoms with Crippen molar-refractivity contribution in [3.8, 4) is 17.2 Å². The zero-order valence-electron chi connectivity index (χ0n) is 21.0. The van der Waals surface area contributed by atoms with Gasteiger partial charge in [0.05, 0.1) is 19.5 Å². The van der Waals surface area contributed by atoms with Crippen LogP contribution >= 0.6 is 11.6 Å². The second-order valence-corrected chi connectivity index (χ2v) is 11.8. The summed E-state index contributed by atoms with van der Waals surface area (Å²) in [7, 11) is -0.826. The molecule has 0 spiro atoms. The molecule has 194 valence electrons. The van der Waals surface area contributed by atoms with Crippen LogP contribution in [0.5, 0.6) is 11.5 Å². The third kappa shape index (κ3) is 5.27. The van der Waals surface area contributed by atoms with Gasteiger partial charge in [-0.1, -0.05) is 13.0 Å². The second-order valence-electron chi connectivity index (χ2n) is 9.18. The standard InChI is InChI=1S/C24H31ClN6O4S/c1-14-12-26-23(27-13-14)15(2)16(3)36(32,33)30-24-29-28-21(11-17-9-18(25)10-17)31(24)22-19(34-4)7-6-8-20(22)35-5/h6-8,12-13,15-18H,9-11H2,1-5H3,(H,29,30)/t15-,16-,17?,18?/m0/s1. The van der Waals surface area contributed by atoms with Crippen LogP contribution in [0.4, 0.5) is 5.95 Å². The Morgan fingerprint density at radius 2 is 1.72 bits per heavy atom. The lowest BCUT2D eigenvalue weighted by Crippen LogP contribution is -2.32. The Labute approximate surface area is 216 Å². The summed E-state index contributed by atoms with van der Waals surface area (Å²) < 4.78 is 42.5. The van der Waals surface area contributed by atoms with Crippen molar-refractivity contribution >= 4 is 27.6 Å². The maximum Gasteiger partial charge on any atom is 0.243 e. The maximum atomic E-state index is 13.5. The van der Waals surface area contributed by atoms with Crippen molar-refractivity contribution in [2.45, 2.75) is 56.6 Å². The van der Waals surface area contributed by atoms with Crippen LogP contribution in [-0.2, 0) is 16.4 Å². The van der Waals surface area contributed by atoms with Crippen molar-refractivity contribution in [2.24, 2.45) is 5.92 Å². The molecular formula is C24H31ClN6O4S. The van der Waals surface area contributed by atoms with Gasteiger partial charge in [0.25, 0.3) is 0 Å². The topological polar surface area (TPSA) is 121 Å². The van der Waals surface area contributed by atoms with Crippen molar-refractivity contribution in [3.63, 3.8) is 0 Å². The predicted molar refractivity (Wildman–Crippen MR) is 138 cm³/mol. The van der Waals surface area contributed by atoms with Crippen LogP contribution in [0.25, 0.3) is 5.69 Å². The second kappa shape index (κ2) is 10.6. The summed E-state index contributed by atoms with van der Waals surface area (Å²) in [5.74, 6) is 1.95. The Balaban J connectivity index is 1.72. The lowest BCUT2D eigenvalue weighted by Gasteiger charge is -2.30. The number of methoxy groups -OCH3 is 2. The van der Waals surface area contributed by atoms with E-state index < -0.39 is 21.2 Å². The van der Waals surface area contributed by atoms with Crippen LogP contribution < -0.4 is 14.2 Å². The number of para-hydroxylation sites is 1. The highest BCUT2D eigenvalue weighted by atomic mass is 35.5. The molecule has 0 unspecified atom stereocenters. The molecule has 1 N–H and O–H groups in total. The third-order valence-electron chi connectivity index (χ3n) is 6.64. The average Bonchev–Trinajstić information content (AvgIpc) is 3.22. The molecule has 4 rings (SSSR count). The number of alkyl halides is 1. The number of hydrogen-bond donors (Lipinski definition) is 1. The molecule has 12 heteroatoms. The molecule has 0 saturated heterocycles. The fourth-order valence-electron chi connectivity index (χ4n) is 4.22. The fourth-order valence-corrected chi connectivity index (χ4v) is 5.95. The first-order valence-corrected chi connectivity index (χ1v) is 13.7. The Hall–Kier alpha value is -2.92. The van der Waals surface area contributed by atoms with Gasteiger partial charge >= 0.3 is 0 Å². The minimum absolute atomic E-state index is 0.0541. The molecule has 0 radical (unpaired) electrons. The number of aryl methyl sites for hydroxylation is 1. The molecule has 2 aromatic heterocycles. The molecule has 2 heterocycles. The first-order valence-electron chi connectivity index (χ1n) is 11.7. The largest absolute Gasteiger partial charge is 0.494 e. The van der Waals surface area contributed by atoms with E-state index in [1.165, 1.54) is 0 Å². The van der Waals surface area contributed by atoms with Crippen LogP contribution in [0.3, 0.4) is 0 Å². The SMILES string of the molecule is COc1cccc(OC)c1-n1c(CC2CC(Cl)C2)nnc1NS(=O)(=O)[C@@H](C)[C@H](C)c1ncc(C)cn1. The summed E-state index contributed by atoms with van der Waals surface area (Å²) in [6, 6.07) is 5.35. The van der Waals surface area contributed by atoms with E-state index in [-0.39, 0.29) is 11.3 Å². The van der Waals surface area contributed by atoms with Gasteiger partial charge in [-0.2, -0.15) is 0 Å². The number of ether oxygens (including phenoxy) is 2. The van der Waals surface area contributed by atoms with E-state index in [0.29, 0.717) is 41.2 Å². The Kier molecular flexibility index (Phi) is 7.70. The summed E-state index contributed by atoms with van der Waals surface area (Å²) in [6.45, 7) is 5.28. The Morgan fingerprint density at radius 1 is 1.11 bits per heavy atom. The maximum absolute atomic E-state index is 13.5. The summed E-state index contributed by atoms with van der Waals surface area (Å²) in [4.78, 5) is 8.62. The van der Waals surface area contributed by atoms with Crippen molar-refractivity contribution in [3.05, 3.63) is 47.8 Å². The van der Waals surface area contributed by atoms with Crippen LogP contribution in [-0.4, -0.2) is 58.0 Å². The fraction of sp³-hybridized carbons (Fsp3) is 0.500. The molecule has 1 aliphatic carbocycles. The molecule has 1 fully saturated rings. The lowest BCUT2D eigenvalue weighted by molar-refractivity contribution is 0.315. The van der Waals surface area contributed by atoms with Gasteiger partial charge in [0, 0.05) is 30.1 Å². The van der Waals surface area contributed by atoms with E-state index in [1.54, 1.807) is 63.2 Å². The van der Waals surface area contributed by atoms with Gasteiger partial charge in [0.15, 0.2) is 0 Å². The van der Waals surface area contributed by atoms with Gasteiger partial charge in [-0.25, -0.2) is 18.4 Å². The smallest absolute Gasteiger partial charge is 0.243 e. The molecule has 0 bridgehead atoms. The van der Waals surface area contributed by atoms with Gasteiger partial charge < -0.3 is 9.47 Å². The zero-order chi connectivity index (χ0) is 26.0. The van der Waals surface area contributed by atoms with Crippen LogP contribution in [0.15, 0.2) is 30.6 Å². The van der Waals surface area contributed by atoms with Crippen molar-refractivity contribution in [2.75, 3.05) is 18.9 Å². The summed E-state index contributed by atoms with van der Waals surface area (Å²) in [5, 5.41) is 7.89. The number of aromatic nitrogens is 5. The minimum atomic E-state index is -3.91. The number of nitrogens with one attached hydrogen (secondary N) is 1. The molecule has 0 aliphatic heterocycles. The molecule has 1 aromatic carbocycles. The highest BCUT2D eigenvalue weighted by Gasteiger charge is 2.34. The summed E-state index contributed by atoms with van der Waals surface area (Å²) in [5.41, 5.74) is 1.42. The molecular weight excluding hydrogens is 504 g/mol. The molecule has 0 amide bonds. The van der Waals surface area contributed by atoms with Crippen LogP contribution in [0.1, 0.15) is 49.8 Å². The molecule has 36 heavy (non-hydrogen) atoms. The van der Waals surface area contributed by atoms with E-state index in [2.05, 4.69) is 24.9 Å². The van der Waals surface area contributed by atoms with Crippen molar-refractivity contribution < 1.29 is 17.9 Å². The number of hydrogen-bond acceptors (Lipinski definition) is 8. The molecule has 2 atom stereocenters. The first kappa shape index (κ1) is 26.2. The highest BCUT2D eigenvalue weighted by Crippen LogP contribution is 2.39. The first-order chi connectivity index (χ1) is 17.1. The van der Waals surface area contributed by atoms with Crippen LogP contribution in [0, 0.1) is 12.8 Å². The van der Waals surface area contributed by atoms with E-state index in [9.17, 15) is 8.42 Å². The molecule has 10 nitrogen and oxygen atoms in total. The van der Waals surface area contributed by atoms with Crippen molar-refractivity contribution in [1.29, 1.82) is 0 Å². The van der Waals surface area contributed by atoms with Gasteiger partial charge in [-0.05, 0) is 50.3 Å². The third-order valence-corrected chi connectivity index (χ3v) is 8.85. The average molecular weight is 535 g/mol. The lowest BCUT2D eigenvalue weighted by atomic mass is 9.82. The Bertz CT molecular complexity index is 1290. The van der Waals surface area contributed by atoms with E-state index in [0.717, 1.165) is 18.4 Å². The molecule has 1 aliphatic rings.